The second kappa shape index (κ2) is 5.81. The van der Waals surface area contributed by atoms with Gasteiger partial charge in [0.05, 0.1) is 12.1 Å². The van der Waals surface area contributed by atoms with Crippen molar-refractivity contribution in [3.63, 3.8) is 0 Å². The molecule has 1 aromatic heterocycles. The third-order valence-electron chi connectivity index (χ3n) is 4.25. The summed E-state index contributed by atoms with van der Waals surface area (Å²) >= 11 is 2.06. The van der Waals surface area contributed by atoms with E-state index in [1.54, 1.807) is 6.33 Å². The maximum absolute atomic E-state index is 6.11. The highest BCUT2D eigenvalue weighted by Crippen LogP contribution is 2.37. The smallest absolute Gasteiger partial charge is 0.146 e. The topological polar surface area (TPSA) is 52.0 Å². The molecule has 0 bridgehead atoms. The summed E-state index contributed by atoms with van der Waals surface area (Å²) in [5.74, 6) is 3.49. The first kappa shape index (κ1) is 13.4. The number of rotatable bonds is 3. The lowest BCUT2D eigenvalue weighted by Gasteiger charge is -2.43. The Kier molecular flexibility index (Phi) is 4.10. The van der Waals surface area contributed by atoms with Crippen LogP contribution in [0.25, 0.3) is 0 Å². The van der Waals surface area contributed by atoms with Gasteiger partial charge in [0.15, 0.2) is 0 Å². The van der Waals surface area contributed by atoms with E-state index in [4.69, 9.17) is 4.74 Å². The molecule has 0 saturated carbocycles. The minimum atomic E-state index is 0.154. The molecule has 2 fully saturated rings. The second-order valence-corrected chi connectivity index (χ2v) is 6.80. The Labute approximate surface area is 118 Å². The van der Waals surface area contributed by atoms with Gasteiger partial charge in [-0.2, -0.15) is 11.8 Å². The molecule has 0 amide bonds. The summed E-state index contributed by atoms with van der Waals surface area (Å²) in [6.07, 6.45) is 6.42. The molecule has 1 spiro atoms. The zero-order valence-corrected chi connectivity index (χ0v) is 12.3. The van der Waals surface area contributed by atoms with Crippen molar-refractivity contribution in [2.45, 2.75) is 43.9 Å². The SMILES string of the molecule is Cn1cnnc1CNC1CCOC2(CCSCC2)C1. The van der Waals surface area contributed by atoms with Gasteiger partial charge in [-0.15, -0.1) is 10.2 Å². The zero-order chi connectivity index (χ0) is 13.1. The van der Waals surface area contributed by atoms with Crippen molar-refractivity contribution >= 4 is 11.8 Å². The summed E-state index contributed by atoms with van der Waals surface area (Å²) in [7, 11) is 1.99. The van der Waals surface area contributed by atoms with Gasteiger partial charge in [0.1, 0.15) is 12.2 Å². The van der Waals surface area contributed by atoms with E-state index in [-0.39, 0.29) is 5.60 Å². The fraction of sp³-hybridized carbons (Fsp3) is 0.846. The Morgan fingerprint density at radius 1 is 1.53 bits per heavy atom. The number of aromatic nitrogens is 3. The highest BCUT2D eigenvalue weighted by atomic mass is 32.2. The van der Waals surface area contributed by atoms with Crippen LogP contribution in [0.2, 0.25) is 0 Å². The van der Waals surface area contributed by atoms with Crippen LogP contribution in [0.4, 0.5) is 0 Å². The van der Waals surface area contributed by atoms with Gasteiger partial charge in [0.25, 0.3) is 0 Å². The average molecular weight is 282 g/mol. The second-order valence-electron chi connectivity index (χ2n) is 5.57. The average Bonchev–Trinajstić information content (AvgIpc) is 2.83. The van der Waals surface area contributed by atoms with Crippen molar-refractivity contribution in [3.05, 3.63) is 12.2 Å². The van der Waals surface area contributed by atoms with Crippen molar-refractivity contribution < 1.29 is 4.74 Å². The molecular weight excluding hydrogens is 260 g/mol. The molecule has 0 aromatic carbocycles. The number of hydrogen-bond donors (Lipinski definition) is 1. The molecule has 106 valence electrons. The number of ether oxygens (including phenoxy) is 1. The maximum Gasteiger partial charge on any atom is 0.146 e. The van der Waals surface area contributed by atoms with E-state index in [2.05, 4.69) is 27.3 Å². The van der Waals surface area contributed by atoms with E-state index in [0.29, 0.717) is 6.04 Å². The summed E-state index contributed by atoms with van der Waals surface area (Å²) in [4.78, 5) is 0. The Morgan fingerprint density at radius 2 is 2.37 bits per heavy atom. The van der Waals surface area contributed by atoms with Crippen molar-refractivity contribution in [2.24, 2.45) is 7.05 Å². The predicted octanol–water partition coefficient (Wildman–Crippen LogP) is 1.35. The number of nitrogens with zero attached hydrogens (tertiary/aromatic N) is 3. The molecule has 2 aliphatic heterocycles. The van der Waals surface area contributed by atoms with Crippen LogP contribution in [-0.2, 0) is 18.3 Å². The zero-order valence-electron chi connectivity index (χ0n) is 11.5. The van der Waals surface area contributed by atoms with E-state index in [0.717, 1.165) is 31.8 Å². The fourth-order valence-electron chi connectivity index (χ4n) is 3.00. The molecule has 1 aromatic rings. The number of hydrogen-bond acceptors (Lipinski definition) is 5. The Hall–Kier alpha value is -0.590. The molecule has 1 atom stereocenters. The number of thioether (sulfide) groups is 1. The van der Waals surface area contributed by atoms with Gasteiger partial charge in [-0.3, -0.25) is 0 Å². The normalized spacial score (nSPS) is 26.7. The van der Waals surface area contributed by atoms with E-state index >= 15 is 0 Å². The standard InChI is InChI=1S/C13H22N4OS/c1-17-10-15-16-12(17)9-14-11-2-5-18-13(8-11)3-6-19-7-4-13/h10-11,14H,2-9H2,1H3. The van der Waals surface area contributed by atoms with Gasteiger partial charge in [-0.05, 0) is 37.2 Å². The lowest BCUT2D eigenvalue weighted by atomic mass is 9.85. The predicted molar refractivity (Wildman–Crippen MR) is 76.1 cm³/mol. The summed E-state index contributed by atoms with van der Waals surface area (Å²) in [6.45, 7) is 1.69. The van der Waals surface area contributed by atoms with Gasteiger partial charge < -0.3 is 14.6 Å². The Morgan fingerprint density at radius 3 is 3.11 bits per heavy atom. The summed E-state index contributed by atoms with van der Waals surface area (Å²) < 4.78 is 8.08. The monoisotopic (exact) mass is 282 g/mol. The Balaban J connectivity index is 1.55. The molecule has 5 nitrogen and oxygen atoms in total. The van der Waals surface area contributed by atoms with Gasteiger partial charge in [-0.1, -0.05) is 0 Å². The molecule has 0 radical (unpaired) electrons. The molecule has 1 unspecified atom stereocenters. The summed E-state index contributed by atoms with van der Waals surface area (Å²) in [5, 5.41) is 11.7. The number of nitrogens with one attached hydrogen (secondary N) is 1. The van der Waals surface area contributed by atoms with E-state index in [1.807, 2.05) is 11.6 Å². The summed E-state index contributed by atoms with van der Waals surface area (Å²) in [5.41, 5.74) is 0.154. The fourth-order valence-corrected chi connectivity index (χ4v) is 4.23. The lowest BCUT2D eigenvalue weighted by molar-refractivity contribution is -0.0934. The van der Waals surface area contributed by atoms with E-state index < -0.39 is 0 Å². The molecular formula is C13H22N4OS. The largest absolute Gasteiger partial charge is 0.375 e. The summed E-state index contributed by atoms with van der Waals surface area (Å²) in [6, 6.07) is 0.550. The lowest BCUT2D eigenvalue weighted by Crippen LogP contribution is -2.48. The first-order chi connectivity index (χ1) is 9.27. The van der Waals surface area contributed by atoms with Gasteiger partial charge >= 0.3 is 0 Å². The molecule has 2 aliphatic rings. The van der Waals surface area contributed by atoms with Crippen molar-refractivity contribution in [2.75, 3.05) is 18.1 Å². The quantitative estimate of drug-likeness (QED) is 0.907. The van der Waals surface area contributed by atoms with Crippen molar-refractivity contribution in [1.29, 1.82) is 0 Å². The van der Waals surface area contributed by atoms with Crippen LogP contribution in [0.15, 0.2) is 6.33 Å². The molecule has 0 aliphatic carbocycles. The Bertz CT molecular complexity index is 411. The van der Waals surface area contributed by atoms with Gasteiger partial charge in [0, 0.05) is 19.7 Å². The van der Waals surface area contributed by atoms with Gasteiger partial charge in [0.2, 0.25) is 0 Å². The van der Waals surface area contributed by atoms with Gasteiger partial charge in [-0.25, -0.2) is 0 Å². The molecule has 2 saturated heterocycles. The van der Waals surface area contributed by atoms with Crippen LogP contribution in [0, 0.1) is 0 Å². The third kappa shape index (κ3) is 3.12. The first-order valence-electron chi connectivity index (χ1n) is 7.05. The highest BCUT2D eigenvalue weighted by molar-refractivity contribution is 7.99. The van der Waals surface area contributed by atoms with E-state index in [9.17, 15) is 0 Å². The van der Waals surface area contributed by atoms with Crippen LogP contribution >= 0.6 is 11.8 Å². The van der Waals surface area contributed by atoms with Crippen LogP contribution in [0.1, 0.15) is 31.5 Å². The minimum Gasteiger partial charge on any atom is -0.375 e. The van der Waals surface area contributed by atoms with Crippen LogP contribution < -0.4 is 5.32 Å². The first-order valence-corrected chi connectivity index (χ1v) is 8.21. The molecule has 6 heteroatoms. The minimum absolute atomic E-state index is 0.154. The van der Waals surface area contributed by atoms with Crippen LogP contribution in [0.3, 0.4) is 0 Å². The van der Waals surface area contributed by atoms with Crippen molar-refractivity contribution in [1.82, 2.24) is 20.1 Å². The highest BCUT2D eigenvalue weighted by Gasteiger charge is 2.38. The molecule has 1 N–H and O–H groups in total. The number of aryl methyl sites for hydroxylation is 1. The molecule has 3 heterocycles. The maximum atomic E-state index is 6.11. The van der Waals surface area contributed by atoms with Crippen LogP contribution in [0.5, 0.6) is 0 Å². The van der Waals surface area contributed by atoms with Crippen molar-refractivity contribution in [3.8, 4) is 0 Å². The molecule has 19 heavy (non-hydrogen) atoms. The van der Waals surface area contributed by atoms with Crippen LogP contribution in [-0.4, -0.2) is 44.5 Å². The third-order valence-corrected chi connectivity index (χ3v) is 5.24. The van der Waals surface area contributed by atoms with E-state index in [1.165, 1.54) is 24.3 Å². The molecule has 3 rings (SSSR count).